The van der Waals surface area contributed by atoms with E-state index in [0.717, 1.165) is 10.4 Å². The summed E-state index contributed by atoms with van der Waals surface area (Å²) in [6, 6.07) is 11.4. The predicted molar refractivity (Wildman–Crippen MR) is 111 cm³/mol. The number of amides is 1. The summed E-state index contributed by atoms with van der Waals surface area (Å²) < 4.78 is 6.61. The molecule has 152 valence electrons. The first-order valence-electron chi connectivity index (χ1n) is 9.22. The van der Waals surface area contributed by atoms with Crippen LogP contribution in [-0.2, 0) is 21.5 Å². The molecule has 0 atom stereocenters. The summed E-state index contributed by atoms with van der Waals surface area (Å²) in [4.78, 5) is 26.3. The Morgan fingerprint density at radius 3 is 2.59 bits per heavy atom. The van der Waals surface area contributed by atoms with E-state index in [-0.39, 0.29) is 24.5 Å². The van der Waals surface area contributed by atoms with Gasteiger partial charge in [-0.05, 0) is 29.0 Å². The molecule has 0 saturated carbocycles. The lowest BCUT2D eigenvalue weighted by molar-refractivity contribution is -0.117. The molecule has 1 N–H and O–H groups in total. The van der Waals surface area contributed by atoms with Gasteiger partial charge in [0.15, 0.2) is 5.82 Å². The Balaban J connectivity index is 1.85. The molecule has 1 aromatic carbocycles. The molecule has 0 spiro atoms. The number of tetrazole rings is 1. The minimum Gasteiger partial charge on any atom is -0.462 e. The Morgan fingerprint density at radius 1 is 1.21 bits per heavy atom. The number of carbonyl (C=O) groups is 2. The summed E-state index contributed by atoms with van der Waals surface area (Å²) in [5.41, 5.74) is 1.07. The number of nitrogens with one attached hydrogen (secondary N) is 1. The molecular weight excluding hydrogens is 390 g/mol. The molecule has 3 rings (SSSR count). The predicted octanol–water partition coefficient (Wildman–Crippen LogP) is 3.51. The van der Waals surface area contributed by atoms with Crippen LogP contribution in [0.25, 0.3) is 10.4 Å². The van der Waals surface area contributed by atoms with Crippen molar-refractivity contribution in [1.29, 1.82) is 0 Å². The number of esters is 1. The molecule has 0 aliphatic heterocycles. The van der Waals surface area contributed by atoms with Gasteiger partial charge in [-0.2, -0.15) is 0 Å². The van der Waals surface area contributed by atoms with E-state index in [9.17, 15) is 9.59 Å². The number of anilines is 1. The number of carbonyl (C=O) groups excluding carboxylic acids is 2. The minimum atomic E-state index is -0.465. The molecule has 9 heteroatoms. The van der Waals surface area contributed by atoms with Crippen LogP contribution in [0.2, 0.25) is 0 Å². The Hall–Kier alpha value is -3.07. The summed E-state index contributed by atoms with van der Waals surface area (Å²) in [5.74, 6) is -0.188. The number of aromatic nitrogens is 4. The van der Waals surface area contributed by atoms with E-state index in [1.54, 1.807) is 13.0 Å². The second-order valence-electron chi connectivity index (χ2n) is 7.40. The van der Waals surface area contributed by atoms with E-state index in [4.69, 9.17) is 4.74 Å². The number of nitrogens with zero attached hydrogens (tertiary/aromatic N) is 4. The van der Waals surface area contributed by atoms with Gasteiger partial charge in [0.25, 0.3) is 0 Å². The van der Waals surface area contributed by atoms with Gasteiger partial charge in [-0.1, -0.05) is 51.1 Å². The molecule has 0 radical (unpaired) electrons. The van der Waals surface area contributed by atoms with Crippen LogP contribution in [0.5, 0.6) is 0 Å². The third-order valence-electron chi connectivity index (χ3n) is 4.02. The van der Waals surface area contributed by atoms with Crippen molar-refractivity contribution in [2.24, 2.45) is 0 Å². The van der Waals surface area contributed by atoms with Crippen LogP contribution < -0.4 is 5.32 Å². The fraction of sp³-hybridized carbons (Fsp3) is 0.350. The van der Waals surface area contributed by atoms with Gasteiger partial charge in [0.1, 0.15) is 11.4 Å². The maximum Gasteiger partial charge on any atom is 0.350 e. The average molecular weight is 414 g/mol. The molecule has 0 unspecified atom stereocenters. The van der Waals surface area contributed by atoms with Crippen LogP contribution in [0.3, 0.4) is 0 Å². The quantitative estimate of drug-likeness (QED) is 0.621. The van der Waals surface area contributed by atoms with Crippen molar-refractivity contribution in [3.05, 3.63) is 47.1 Å². The monoisotopic (exact) mass is 413 g/mol. The normalized spacial score (nSPS) is 11.3. The van der Waals surface area contributed by atoms with E-state index < -0.39 is 5.97 Å². The summed E-state index contributed by atoms with van der Waals surface area (Å²) in [6.07, 6.45) is 0. The van der Waals surface area contributed by atoms with E-state index >= 15 is 0 Å². The van der Waals surface area contributed by atoms with Crippen molar-refractivity contribution in [1.82, 2.24) is 20.2 Å². The first-order valence-corrected chi connectivity index (χ1v) is 10.0. The lowest BCUT2D eigenvalue weighted by Crippen LogP contribution is -2.26. The Morgan fingerprint density at radius 2 is 1.93 bits per heavy atom. The zero-order valence-electron chi connectivity index (χ0n) is 16.8. The number of thiophene rings is 1. The first kappa shape index (κ1) is 20.7. The molecule has 29 heavy (non-hydrogen) atoms. The topological polar surface area (TPSA) is 99.0 Å². The molecule has 0 fully saturated rings. The molecule has 3 aromatic rings. The zero-order chi connectivity index (χ0) is 21.0. The highest BCUT2D eigenvalue weighted by atomic mass is 32.1. The second kappa shape index (κ2) is 8.52. The lowest BCUT2D eigenvalue weighted by atomic mass is 9.96. The zero-order valence-corrected chi connectivity index (χ0v) is 17.6. The highest BCUT2D eigenvalue weighted by Crippen LogP contribution is 2.35. The maximum absolute atomic E-state index is 12.7. The summed E-state index contributed by atoms with van der Waals surface area (Å²) in [7, 11) is 0. The molecule has 0 aliphatic rings. The van der Waals surface area contributed by atoms with Crippen molar-refractivity contribution in [2.45, 2.75) is 39.7 Å². The molecule has 2 heterocycles. The fourth-order valence-corrected chi connectivity index (χ4v) is 3.76. The summed E-state index contributed by atoms with van der Waals surface area (Å²) in [6.45, 7) is 7.85. The first-order chi connectivity index (χ1) is 13.8. The summed E-state index contributed by atoms with van der Waals surface area (Å²) >= 11 is 1.28. The molecule has 2 aromatic heterocycles. The van der Waals surface area contributed by atoms with Crippen molar-refractivity contribution >= 4 is 28.9 Å². The molecule has 8 nitrogen and oxygen atoms in total. The summed E-state index contributed by atoms with van der Waals surface area (Å²) in [5, 5.41) is 14.4. The van der Waals surface area contributed by atoms with Crippen molar-refractivity contribution in [3.8, 4) is 10.4 Å². The molecular formula is C20H23N5O3S. The second-order valence-corrected chi connectivity index (χ2v) is 8.45. The van der Waals surface area contributed by atoms with Gasteiger partial charge >= 0.3 is 5.97 Å². The SMILES string of the molecule is CCOC(=O)c1sc(-c2ccccc2)cc1NC(=O)Cn1nnnc1C(C)(C)C. The third-order valence-corrected chi connectivity index (χ3v) is 5.19. The minimum absolute atomic E-state index is 0.0572. The van der Waals surface area contributed by atoms with Crippen LogP contribution in [0.15, 0.2) is 36.4 Å². The Kier molecular flexibility index (Phi) is 6.07. The van der Waals surface area contributed by atoms with Crippen molar-refractivity contribution in [2.75, 3.05) is 11.9 Å². The van der Waals surface area contributed by atoms with E-state index in [1.807, 2.05) is 51.1 Å². The van der Waals surface area contributed by atoms with Crippen LogP contribution in [0.1, 0.15) is 43.2 Å². The van der Waals surface area contributed by atoms with Crippen molar-refractivity contribution < 1.29 is 14.3 Å². The Labute approximate surface area is 172 Å². The highest BCUT2D eigenvalue weighted by molar-refractivity contribution is 7.18. The molecule has 1 amide bonds. The van der Waals surface area contributed by atoms with E-state index in [1.165, 1.54) is 16.0 Å². The third kappa shape index (κ3) is 4.86. The van der Waals surface area contributed by atoms with E-state index in [2.05, 4.69) is 20.8 Å². The van der Waals surface area contributed by atoms with Gasteiger partial charge < -0.3 is 10.1 Å². The van der Waals surface area contributed by atoms with Crippen molar-refractivity contribution in [3.63, 3.8) is 0 Å². The van der Waals surface area contributed by atoms with Gasteiger partial charge in [0.05, 0.1) is 12.3 Å². The number of ether oxygens (including phenoxy) is 1. The number of hydrogen-bond donors (Lipinski definition) is 1. The van der Waals surface area contributed by atoms with Gasteiger partial charge in [0, 0.05) is 10.3 Å². The standard InChI is InChI=1S/C20H23N5O3S/c1-5-28-18(27)17-14(11-15(29-17)13-9-7-6-8-10-13)21-16(26)12-25-19(20(2,3)4)22-23-24-25/h6-11H,5,12H2,1-4H3,(H,21,26). The smallest absolute Gasteiger partial charge is 0.350 e. The Bertz CT molecular complexity index is 1000. The average Bonchev–Trinajstić information content (AvgIpc) is 3.29. The fourth-order valence-electron chi connectivity index (χ4n) is 2.75. The molecule has 0 saturated heterocycles. The number of hydrogen-bond acceptors (Lipinski definition) is 7. The largest absolute Gasteiger partial charge is 0.462 e. The highest BCUT2D eigenvalue weighted by Gasteiger charge is 2.24. The van der Waals surface area contributed by atoms with Gasteiger partial charge in [-0.25, -0.2) is 9.48 Å². The van der Waals surface area contributed by atoms with Crippen LogP contribution in [0.4, 0.5) is 5.69 Å². The van der Waals surface area contributed by atoms with Crippen LogP contribution >= 0.6 is 11.3 Å². The number of rotatable bonds is 6. The van der Waals surface area contributed by atoms with Crippen LogP contribution in [-0.4, -0.2) is 38.7 Å². The van der Waals surface area contributed by atoms with Gasteiger partial charge in [0.2, 0.25) is 5.91 Å². The van der Waals surface area contributed by atoms with Gasteiger partial charge in [-0.15, -0.1) is 16.4 Å². The maximum atomic E-state index is 12.7. The molecule has 0 bridgehead atoms. The van der Waals surface area contributed by atoms with E-state index in [0.29, 0.717) is 16.4 Å². The van der Waals surface area contributed by atoms with Gasteiger partial charge in [-0.3, -0.25) is 4.79 Å². The lowest BCUT2D eigenvalue weighted by Gasteiger charge is -2.16. The molecule has 0 aliphatic carbocycles. The van der Waals surface area contributed by atoms with Crippen LogP contribution in [0, 0.1) is 0 Å². The number of benzene rings is 1.